The zero-order chi connectivity index (χ0) is 13.4. The van der Waals surface area contributed by atoms with Gasteiger partial charge in [0.25, 0.3) is 0 Å². The van der Waals surface area contributed by atoms with Gasteiger partial charge in [-0.3, -0.25) is 9.56 Å². The number of para-hydroxylation sites is 2. The molecular formula is C15H13N5. The number of nitrogens with zero attached hydrogens (tertiary/aromatic N) is 4. The highest BCUT2D eigenvalue weighted by atomic mass is 15.1. The Morgan fingerprint density at radius 1 is 1.05 bits per heavy atom. The largest absolute Gasteiger partial charge is 0.368 e. The van der Waals surface area contributed by atoms with E-state index in [1.54, 1.807) is 6.33 Å². The van der Waals surface area contributed by atoms with E-state index in [9.17, 15) is 0 Å². The van der Waals surface area contributed by atoms with Crippen molar-refractivity contribution in [3.05, 3.63) is 54.5 Å². The maximum atomic E-state index is 4.52. The molecule has 0 aliphatic carbocycles. The van der Waals surface area contributed by atoms with Crippen molar-refractivity contribution in [3.63, 3.8) is 0 Å². The Morgan fingerprint density at radius 3 is 2.80 bits per heavy atom. The van der Waals surface area contributed by atoms with E-state index in [0.29, 0.717) is 0 Å². The normalized spacial score (nSPS) is 14.3. The lowest BCUT2D eigenvalue weighted by Gasteiger charge is -2.05. The van der Waals surface area contributed by atoms with Crippen LogP contribution in [0.3, 0.4) is 0 Å². The maximum Gasteiger partial charge on any atom is 0.138 e. The summed E-state index contributed by atoms with van der Waals surface area (Å²) in [5, 5.41) is 3.25. The van der Waals surface area contributed by atoms with Crippen LogP contribution in [0, 0.1) is 0 Å². The molecule has 1 aliphatic heterocycles. The van der Waals surface area contributed by atoms with E-state index in [4.69, 9.17) is 0 Å². The van der Waals surface area contributed by atoms with Crippen molar-refractivity contribution in [1.82, 2.24) is 19.9 Å². The molecule has 1 N–H and O–H groups in total. The number of hydrogen-bond acceptors (Lipinski definition) is 4. The van der Waals surface area contributed by atoms with Gasteiger partial charge in [0.2, 0.25) is 0 Å². The van der Waals surface area contributed by atoms with Gasteiger partial charge in [-0.1, -0.05) is 12.1 Å². The zero-order valence-electron chi connectivity index (χ0n) is 10.8. The number of benzene rings is 1. The molecule has 0 atom stereocenters. The van der Waals surface area contributed by atoms with Crippen molar-refractivity contribution in [2.24, 2.45) is 4.99 Å². The molecule has 0 unspecified atom stereocenters. The van der Waals surface area contributed by atoms with Gasteiger partial charge in [-0.2, -0.15) is 0 Å². The number of imidazole rings is 1. The minimum Gasteiger partial charge on any atom is -0.368 e. The third-order valence-electron chi connectivity index (χ3n) is 3.40. The summed E-state index contributed by atoms with van der Waals surface area (Å²) >= 11 is 0. The van der Waals surface area contributed by atoms with Gasteiger partial charge >= 0.3 is 0 Å². The Balaban J connectivity index is 1.75. The van der Waals surface area contributed by atoms with Gasteiger partial charge < -0.3 is 5.32 Å². The van der Waals surface area contributed by atoms with E-state index in [1.807, 2.05) is 47.2 Å². The van der Waals surface area contributed by atoms with Crippen LogP contribution in [-0.4, -0.2) is 33.5 Å². The Hall–Kier alpha value is -2.69. The lowest BCUT2D eigenvalue weighted by atomic mass is 10.2. The van der Waals surface area contributed by atoms with E-state index in [-0.39, 0.29) is 0 Å². The number of hydrogen-bond donors (Lipinski definition) is 1. The zero-order valence-corrected chi connectivity index (χ0v) is 10.8. The number of pyridine rings is 1. The quantitative estimate of drug-likeness (QED) is 0.766. The molecule has 20 heavy (non-hydrogen) atoms. The first kappa shape index (κ1) is 11.2. The van der Waals surface area contributed by atoms with Crippen LogP contribution in [0.25, 0.3) is 16.9 Å². The molecule has 2 aromatic heterocycles. The Morgan fingerprint density at radius 2 is 2.00 bits per heavy atom. The van der Waals surface area contributed by atoms with Crippen molar-refractivity contribution in [2.45, 2.75) is 0 Å². The van der Waals surface area contributed by atoms with Crippen LogP contribution in [0.2, 0.25) is 0 Å². The van der Waals surface area contributed by atoms with Crippen LogP contribution in [0.15, 0.2) is 53.9 Å². The van der Waals surface area contributed by atoms with E-state index in [1.165, 1.54) is 0 Å². The second-order valence-corrected chi connectivity index (χ2v) is 4.67. The van der Waals surface area contributed by atoms with Crippen LogP contribution in [0.4, 0.5) is 0 Å². The standard InChI is InChI=1S/C15H13N5/c1-2-4-13-12(3-1)19-10-20(13)14-6-5-11(9-18-14)15-16-7-8-17-15/h1-6,9-10H,7-8H2,(H,16,17). The molecule has 0 saturated carbocycles. The fourth-order valence-corrected chi connectivity index (χ4v) is 2.40. The third kappa shape index (κ3) is 1.75. The highest BCUT2D eigenvalue weighted by Gasteiger charge is 2.09. The van der Waals surface area contributed by atoms with Crippen molar-refractivity contribution < 1.29 is 0 Å². The molecule has 98 valence electrons. The van der Waals surface area contributed by atoms with Gasteiger partial charge in [-0.05, 0) is 24.3 Å². The summed E-state index contributed by atoms with van der Waals surface area (Å²) in [6, 6.07) is 12.1. The second-order valence-electron chi connectivity index (χ2n) is 4.67. The van der Waals surface area contributed by atoms with Gasteiger partial charge in [0, 0.05) is 18.3 Å². The number of amidine groups is 1. The number of fused-ring (bicyclic) bond motifs is 1. The first-order valence-electron chi connectivity index (χ1n) is 6.59. The number of aliphatic imine (C=N–C) groups is 1. The summed E-state index contributed by atoms with van der Waals surface area (Å²) in [4.78, 5) is 13.3. The topological polar surface area (TPSA) is 55.1 Å². The summed E-state index contributed by atoms with van der Waals surface area (Å²) in [5.74, 6) is 1.79. The predicted octanol–water partition coefficient (Wildman–Crippen LogP) is 1.77. The predicted molar refractivity (Wildman–Crippen MR) is 78.3 cm³/mol. The highest BCUT2D eigenvalue weighted by molar-refractivity contribution is 5.99. The summed E-state index contributed by atoms with van der Waals surface area (Å²) < 4.78 is 1.99. The molecule has 3 heterocycles. The lowest BCUT2D eigenvalue weighted by molar-refractivity contribution is 0.959. The Bertz CT molecular complexity index is 785. The number of aromatic nitrogens is 3. The molecule has 1 aromatic carbocycles. The van der Waals surface area contributed by atoms with Gasteiger partial charge in [-0.15, -0.1) is 0 Å². The summed E-state index contributed by atoms with van der Waals surface area (Å²) in [6.45, 7) is 1.74. The fourth-order valence-electron chi connectivity index (χ4n) is 2.40. The van der Waals surface area contributed by atoms with Gasteiger partial charge in [0.1, 0.15) is 18.0 Å². The molecule has 0 fully saturated rings. The molecule has 0 radical (unpaired) electrons. The van der Waals surface area contributed by atoms with Crippen molar-refractivity contribution >= 4 is 16.9 Å². The Kier molecular flexibility index (Phi) is 2.48. The molecule has 4 rings (SSSR count). The molecule has 1 aliphatic rings. The van der Waals surface area contributed by atoms with Crippen LogP contribution in [0.1, 0.15) is 5.56 Å². The first-order chi connectivity index (χ1) is 9.92. The minimum absolute atomic E-state index is 0.837. The molecule has 0 spiro atoms. The fraction of sp³-hybridized carbons (Fsp3) is 0.133. The van der Waals surface area contributed by atoms with Crippen molar-refractivity contribution in [2.75, 3.05) is 13.1 Å². The van der Waals surface area contributed by atoms with Gasteiger partial charge in [0.05, 0.1) is 17.6 Å². The molecular weight excluding hydrogens is 250 g/mol. The Labute approximate surface area is 116 Å². The molecule has 3 aromatic rings. The average Bonchev–Trinajstić information content (AvgIpc) is 3.17. The van der Waals surface area contributed by atoms with Crippen molar-refractivity contribution in [3.8, 4) is 5.82 Å². The van der Waals surface area contributed by atoms with Crippen molar-refractivity contribution in [1.29, 1.82) is 0 Å². The van der Waals surface area contributed by atoms with Crippen LogP contribution >= 0.6 is 0 Å². The van der Waals surface area contributed by atoms with E-state index < -0.39 is 0 Å². The molecule has 5 heteroatoms. The molecule has 0 amide bonds. The molecule has 0 bridgehead atoms. The van der Waals surface area contributed by atoms with Crippen LogP contribution in [-0.2, 0) is 0 Å². The molecule has 5 nitrogen and oxygen atoms in total. The van der Waals surface area contributed by atoms with Crippen LogP contribution < -0.4 is 5.32 Å². The third-order valence-corrected chi connectivity index (χ3v) is 3.40. The number of rotatable bonds is 2. The summed E-state index contributed by atoms with van der Waals surface area (Å²) in [5.41, 5.74) is 3.06. The smallest absolute Gasteiger partial charge is 0.138 e. The summed E-state index contributed by atoms with van der Waals surface area (Å²) in [7, 11) is 0. The number of nitrogens with one attached hydrogen (secondary N) is 1. The van der Waals surface area contributed by atoms with E-state index in [2.05, 4.69) is 20.3 Å². The first-order valence-corrected chi connectivity index (χ1v) is 6.59. The summed E-state index contributed by atoms with van der Waals surface area (Å²) in [6.07, 6.45) is 3.65. The maximum absolute atomic E-state index is 4.52. The van der Waals surface area contributed by atoms with Gasteiger partial charge in [0.15, 0.2) is 0 Å². The minimum atomic E-state index is 0.837. The average molecular weight is 263 g/mol. The SMILES string of the molecule is c1ccc2c(c1)ncn2-c1ccc(C2=NCCN2)cn1. The lowest BCUT2D eigenvalue weighted by Crippen LogP contribution is -2.19. The highest BCUT2D eigenvalue weighted by Crippen LogP contribution is 2.16. The second kappa shape index (κ2) is 4.45. The monoisotopic (exact) mass is 263 g/mol. The van der Waals surface area contributed by atoms with E-state index in [0.717, 1.165) is 41.3 Å². The van der Waals surface area contributed by atoms with Crippen LogP contribution in [0.5, 0.6) is 0 Å². The van der Waals surface area contributed by atoms with Gasteiger partial charge in [-0.25, -0.2) is 9.97 Å². The molecule has 0 saturated heterocycles. The van der Waals surface area contributed by atoms with E-state index >= 15 is 0 Å².